The molecule has 2 N–H and O–H groups in total. The van der Waals surface area contributed by atoms with Crippen molar-refractivity contribution in [2.45, 2.75) is 38.3 Å². The zero-order chi connectivity index (χ0) is 13.2. The summed E-state index contributed by atoms with van der Waals surface area (Å²) in [6.45, 7) is 6.07. The molecule has 0 spiro atoms. The molecule has 1 rings (SSSR count). The quantitative estimate of drug-likeness (QED) is 0.849. The fraction of sp³-hybridized carbons (Fsp3) is 0.700. The number of aryl methyl sites for hydroxylation is 1. The monoisotopic (exact) mass is 260 g/mol. The van der Waals surface area contributed by atoms with Gasteiger partial charge in [-0.05, 0) is 13.3 Å². The van der Waals surface area contributed by atoms with Gasteiger partial charge >= 0.3 is 0 Å². The van der Waals surface area contributed by atoms with Gasteiger partial charge in [0.1, 0.15) is 0 Å². The van der Waals surface area contributed by atoms with Crippen LogP contribution in [0.2, 0.25) is 0 Å². The van der Waals surface area contributed by atoms with Crippen molar-refractivity contribution in [1.29, 1.82) is 0 Å². The molecule has 1 aromatic rings. The molecule has 1 heterocycles. The Morgan fingerprint density at radius 1 is 1.53 bits per heavy atom. The van der Waals surface area contributed by atoms with Crippen molar-refractivity contribution in [2.24, 2.45) is 7.05 Å². The van der Waals surface area contributed by atoms with Crippen LogP contribution >= 0.6 is 0 Å². The zero-order valence-electron chi connectivity index (χ0n) is 10.7. The van der Waals surface area contributed by atoms with E-state index in [0.29, 0.717) is 6.54 Å². The summed E-state index contributed by atoms with van der Waals surface area (Å²) in [5, 5.41) is 0.0691. The van der Waals surface area contributed by atoms with Crippen molar-refractivity contribution >= 4 is 15.8 Å². The number of hydrogen-bond acceptors (Lipinski definition) is 4. The van der Waals surface area contributed by atoms with Gasteiger partial charge in [0.15, 0.2) is 10.8 Å². The van der Waals surface area contributed by atoms with Crippen LogP contribution in [0.5, 0.6) is 0 Å². The molecule has 0 aliphatic heterocycles. The number of anilines is 1. The van der Waals surface area contributed by atoms with Gasteiger partial charge in [0, 0.05) is 19.6 Å². The van der Waals surface area contributed by atoms with Gasteiger partial charge in [0.2, 0.25) is 0 Å². The molecule has 1 unspecified atom stereocenters. The molecule has 0 aliphatic carbocycles. The smallest absolute Gasteiger partial charge is 0.262 e. The zero-order valence-corrected chi connectivity index (χ0v) is 11.5. The first-order valence-corrected chi connectivity index (χ1v) is 7.08. The highest BCUT2D eigenvalue weighted by Crippen LogP contribution is 2.22. The number of nitrogen functional groups attached to an aromatic ring is 1. The van der Waals surface area contributed by atoms with Gasteiger partial charge in [-0.1, -0.05) is 13.8 Å². The van der Waals surface area contributed by atoms with Crippen LogP contribution < -0.4 is 5.73 Å². The largest absolute Gasteiger partial charge is 0.381 e. The lowest BCUT2D eigenvalue weighted by molar-refractivity contribution is 0.340. The van der Waals surface area contributed by atoms with Gasteiger partial charge in [0.05, 0.1) is 6.33 Å². The van der Waals surface area contributed by atoms with Crippen molar-refractivity contribution in [3.8, 4) is 0 Å². The second kappa shape index (κ2) is 5.05. The number of rotatable bonds is 5. The summed E-state index contributed by atoms with van der Waals surface area (Å²) in [7, 11) is -1.95. The summed E-state index contributed by atoms with van der Waals surface area (Å²) in [4.78, 5) is 3.82. The third-order valence-corrected chi connectivity index (χ3v) is 5.08. The highest BCUT2D eigenvalue weighted by molar-refractivity contribution is 7.89. The molecule has 7 heteroatoms. The molecule has 1 aromatic heterocycles. The average molecular weight is 260 g/mol. The predicted molar refractivity (Wildman–Crippen MR) is 66.9 cm³/mol. The second-order valence-corrected chi connectivity index (χ2v) is 5.82. The van der Waals surface area contributed by atoms with Crippen molar-refractivity contribution in [3.63, 3.8) is 0 Å². The molecule has 0 radical (unpaired) electrons. The predicted octanol–water partition coefficient (Wildman–Crippen LogP) is 0.811. The molecule has 0 saturated heterocycles. The molecule has 6 nitrogen and oxygen atoms in total. The van der Waals surface area contributed by atoms with Gasteiger partial charge in [0.25, 0.3) is 10.0 Å². The molecule has 0 saturated carbocycles. The van der Waals surface area contributed by atoms with Gasteiger partial charge in [-0.2, -0.15) is 4.31 Å². The maximum atomic E-state index is 12.5. The Kier molecular flexibility index (Phi) is 4.16. The highest BCUT2D eigenvalue weighted by Gasteiger charge is 2.31. The minimum Gasteiger partial charge on any atom is -0.381 e. The number of hydrogen-bond donors (Lipinski definition) is 1. The van der Waals surface area contributed by atoms with Crippen LogP contribution in [0.25, 0.3) is 0 Å². The minimum absolute atomic E-state index is 0.0502. The van der Waals surface area contributed by atoms with Crippen LogP contribution in [-0.2, 0) is 17.1 Å². The summed E-state index contributed by atoms with van der Waals surface area (Å²) in [5.74, 6) is 0.0502. The normalized spacial score (nSPS) is 14.2. The Bertz CT molecular complexity index is 461. The van der Waals surface area contributed by atoms with Crippen molar-refractivity contribution in [2.75, 3.05) is 12.3 Å². The number of nitrogens with two attached hydrogens (primary N) is 1. The number of aromatic nitrogens is 2. The van der Waals surface area contributed by atoms with E-state index in [9.17, 15) is 8.42 Å². The molecule has 1 atom stereocenters. The van der Waals surface area contributed by atoms with E-state index in [1.165, 1.54) is 15.2 Å². The molecule has 0 fully saturated rings. The highest BCUT2D eigenvalue weighted by atomic mass is 32.2. The lowest BCUT2D eigenvalue weighted by atomic mass is 10.3. The first kappa shape index (κ1) is 14.0. The summed E-state index contributed by atoms with van der Waals surface area (Å²) >= 11 is 0. The van der Waals surface area contributed by atoms with E-state index in [2.05, 4.69) is 4.98 Å². The Morgan fingerprint density at radius 2 is 2.12 bits per heavy atom. The van der Waals surface area contributed by atoms with Crippen LogP contribution in [0.15, 0.2) is 11.4 Å². The Hall–Kier alpha value is -1.08. The maximum Gasteiger partial charge on any atom is 0.262 e. The fourth-order valence-corrected chi connectivity index (χ4v) is 3.70. The van der Waals surface area contributed by atoms with Crippen LogP contribution in [0.3, 0.4) is 0 Å². The van der Waals surface area contributed by atoms with Crippen molar-refractivity contribution in [1.82, 2.24) is 13.9 Å². The Morgan fingerprint density at radius 3 is 2.47 bits per heavy atom. The molecule has 17 heavy (non-hydrogen) atoms. The number of imidazole rings is 1. The van der Waals surface area contributed by atoms with Crippen LogP contribution in [-0.4, -0.2) is 34.9 Å². The second-order valence-electron chi connectivity index (χ2n) is 4.01. The van der Waals surface area contributed by atoms with Crippen LogP contribution in [0.1, 0.15) is 27.2 Å². The first-order valence-electron chi connectivity index (χ1n) is 5.64. The Labute approximate surface area is 102 Å². The lowest BCUT2D eigenvalue weighted by Crippen LogP contribution is -2.39. The maximum absolute atomic E-state index is 12.5. The van der Waals surface area contributed by atoms with E-state index in [0.717, 1.165) is 6.42 Å². The third kappa shape index (κ3) is 2.44. The molecule has 0 aromatic carbocycles. The van der Waals surface area contributed by atoms with E-state index < -0.39 is 10.0 Å². The molecule has 0 aliphatic rings. The minimum atomic E-state index is -3.57. The molecule has 98 valence electrons. The van der Waals surface area contributed by atoms with Gasteiger partial charge in [-0.3, -0.25) is 0 Å². The fourth-order valence-electron chi connectivity index (χ4n) is 1.78. The van der Waals surface area contributed by atoms with E-state index in [1.54, 1.807) is 7.05 Å². The van der Waals surface area contributed by atoms with E-state index in [1.807, 2.05) is 20.8 Å². The average Bonchev–Trinajstić information content (AvgIpc) is 2.59. The van der Waals surface area contributed by atoms with Gasteiger partial charge in [-0.15, -0.1) is 0 Å². The number of nitrogens with zero attached hydrogens (tertiary/aromatic N) is 3. The standard InChI is InChI=1S/C10H20N4O2S/c1-5-8(3)14(6-2)17(15,16)10-9(11)12-7-13(10)4/h7-8H,5-6,11H2,1-4H3. The van der Waals surface area contributed by atoms with Gasteiger partial charge in [-0.25, -0.2) is 13.4 Å². The SMILES string of the molecule is CCC(C)N(CC)S(=O)(=O)c1c(N)ncn1C. The topological polar surface area (TPSA) is 81.2 Å². The summed E-state index contributed by atoms with van der Waals surface area (Å²) in [6, 6.07) is -0.0562. The van der Waals surface area contributed by atoms with Gasteiger partial charge < -0.3 is 10.3 Å². The van der Waals surface area contributed by atoms with Crippen LogP contribution in [0.4, 0.5) is 5.82 Å². The lowest BCUT2D eigenvalue weighted by Gasteiger charge is -2.26. The van der Waals surface area contributed by atoms with E-state index in [-0.39, 0.29) is 16.9 Å². The van der Waals surface area contributed by atoms with Crippen LogP contribution in [0, 0.1) is 0 Å². The summed E-state index contributed by atoms with van der Waals surface area (Å²) in [6.07, 6.45) is 2.16. The molecule has 0 amide bonds. The van der Waals surface area contributed by atoms with Crippen molar-refractivity contribution < 1.29 is 8.42 Å². The number of sulfonamides is 1. The van der Waals surface area contributed by atoms with E-state index >= 15 is 0 Å². The summed E-state index contributed by atoms with van der Waals surface area (Å²) < 4.78 is 27.8. The van der Waals surface area contributed by atoms with Crippen molar-refractivity contribution in [3.05, 3.63) is 6.33 Å². The third-order valence-electron chi connectivity index (χ3n) is 2.86. The molecule has 0 bridgehead atoms. The Balaban J connectivity index is 3.27. The molecular weight excluding hydrogens is 240 g/mol. The summed E-state index contributed by atoms with van der Waals surface area (Å²) in [5.41, 5.74) is 5.62. The first-order chi connectivity index (χ1) is 7.86. The van der Waals surface area contributed by atoms with E-state index in [4.69, 9.17) is 5.73 Å². The molecular formula is C10H20N4O2S.